The van der Waals surface area contributed by atoms with Gasteiger partial charge < -0.3 is 20.8 Å². The molecule has 1 heterocycles. The molecule has 0 spiro atoms. The summed E-state index contributed by atoms with van der Waals surface area (Å²) in [4.78, 5) is 33.9. The lowest BCUT2D eigenvalue weighted by molar-refractivity contribution is -0.147. The Hall–Kier alpha value is -2.53. The van der Waals surface area contributed by atoms with Gasteiger partial charge in [-0.3, -0.25) is 9.59 Å². The molecule has 1 aliphatic heterocycles. The number of carbonyl (C=O) groups excluding carboxylic acids is 1. The Bertz CT molecular complexity index is 728. The van der Waals surface area contributed by atoms with Crippen LogP contribution in [0, 0.1) is 0 Å². The predicted molar refractivity (Wildman–Crippen MR) is 96.8 cm³/mol. The molecule has 7 nitrogen and oxygen atoms in total. The second kappa shape index (κ2) is 9.60. The van der Waals surface area contributed by atoms with E-state index in [9.17, 15) is 27.6 Å². The summed E-state index contributed by atoms with van der Waals surface area (Å²) in [7, 11) is 0. The normalized spacial score (nSPS) is 17.5. The van der Waals surface area contributed by atoms with Gasteiger partial charge in [-0.1, -0.05) is 24.4 Å². The van der Waals surface area contributed by atoms with Crippen molar-refractivity contribution >= 4 is 34.9 Å². The van der Waals surface area contributed by atoms with Crippen molar-refractivity contribution < 1.29 is 37.8 Å². The number of hydrogen-bond acceptors (Lipinski definition) is 5. The fraction of sp³-hybridized carbons (Fsp3) is 0.412. The van der Waals surface area contributed by atoms with Crippen LogP contribution in [0.4, 0.5) is 13.2 Å². The molecule has 1 amide bonds. The van der Waals surface area contributed by atoms with Crippen molar-refractivity contribution in [2.45, 2.75) is 38.0 Å². The highest BCUT2D eigenvalue weighted by molar-refractivity contribution is 7.80. The molecule has 1 saturated heterocycles. The van der Waals surface area contributed by atoms with Gasteiger partial charge in [0.05, 0.1) is 12.1 Å². The topological polar surface area (TPSA) is 121 Å². The number of rotatable bonds is 4. The average Bonchev–Trinajstić information content (AvgIpc) is 2.97. The summed E-state index contributed by atoms with van der Waals surface area (Å²) < 4.78 is 36.6. The molecule has 28 heavy (non-hydrogen) atoms. The molecule has 0 radical (unpaired) electrons. The summed E-state index contributed by atoms with van der Waals surface area (Å²) >= 11 is 4.85. The lowest BCUT2D eigenvalue weighted by Gasteiger charge is -2.18. The summed E-state index contributed by atoms with van der Waals surface area (Å²) in [5, 5.41) is 17.2. The van der Waals surface area contributed by atoms with Crippen LogP contribution in [-0.2, 0) is 27.0 Å². The fourth-order valence-electron chi connectivity index (χ4n) is 2.41. The number of alkyl halides is 3. The summed E-state index contributed by atoms with van der Waals surface area (Å²) in [6, 6.07) is 2.43. The first kappa shape index (κ1) is 23.5. The number of carbonyl (C=O) groups is 3. The molecule has 1 fully saturated rings. The second-order valence-electron chi connectivity index (χ2n) is 6.09. The number of carboxylic acid groups (broad SMARTS) is 2. The van der Waals surface area contributed by atoms with Crippen molar-refractivity contribution in [3.63, 3.8) is 0 Å². The second-order valence-corrected chi connectivity index (χ2v) is 6.66. The van der Waals surface area contributed by atoms with E-state index < -0.39 is 35.8 Å². The minimum absolute atomic E-state index is 0.00741. The Morgan fingerprint density at radius 2 is 1.79 bits per heavy atom. The van der Waals surface area contributed by atoms with Gasteiger partial charge in [0, 0.05) is 18.2 Å². The van der Waals surface area contributed by atoms with Gasteiger partial charge in [-0.15, -0.1) is 0 Å². The molecule has 0 aliphatic carbocycles. The van der Waals surface area contributed by atoms with Crippen molar-refractivity contribution in [1.82, 2.24) is 4.90 Å². The maximum atomic E-state index is 12.2. The molecule has 2 atom stereocenters. The third-order valence-corrected chi connectivity index (χ3v) is 4.18. The molecular formula is C17H19F3N2O5S. The third-order valence-electron chi connectivity index (χ3n) is 3.89. The maximum absolute atomic E-state index is 12.2. The zero-order valence-corrected chi connectivity index (χ0v) is 15.6. The van der Waals surface area contributed by atoms with E-state index in [1.54, 1.807) is 0 Å². The van der Waals surface area contributed by atoms with E-state index in [4.69, 9.17) is 28.2 Å². The van der Waals surface area contributed by atoms with E-state index in [-0.39, 0.29) is 12.3 Å². The smallest absolute Gasteiger partial charge is 0.416 e. The van der Waals surface area contributed by atoms with Crippen molar-refractivity contribution in [1.29, 1.82) is 0 Å². The van der Waals surface area contributed by atoms with Crippen LogP contribution in [-0.4, -0.2) is 56.5 Å². The Morgan fingerprint density at radius 3 is 2.14 bits per heavy atom. The first-order valence-electron chi connectivity index (χ1n) is 7.99. The summed E-state index contributed by atoms with van der Waals surface area (Å²) in [5.41, 5.74) is 4.95. The zero-order chi connectivity index (χ0) is 21.6. The Kier molecular flexibility index (Phi) is 8.06. The lowest BCUT2D eigenvalue weighted by atomic mass is 10.0. The molecule has 1 aromatic carbocycles. The summed E-state index contributed by atoms with van der Waals surface area (Å²) in [5.74, 6) is -2.40. The number of carboxylic acids is 2. The standard InChI is InChI=1S/C10H10F3NO2.C7H9NO3S/c11-10(12,13)7-3-1-6(2-4-7)5-8(14)9(15)16;1-4(9)8-3-5(12)2-6(8)7(10)11/h1-4,8H,5,14H2,(H,15,16);6H,2-3H2,1H3,(H,10,11)/t;6-/m.0/s1. The molecule has 1 aliphatic rings. The molecular weight excluding hydrogens is 401 g/mol. The number of aliphatic carboxylic acids is 2. The largest absolute Gasteiger partial charge is 0.480 e. The van der Waals surface area contributed by atoms with Gasteiger partial charge >= 0.3 is 18.1 Å². The van der Waals surface area contributed by atoms with E-state index in [0.717, 1.165) is 12.1 Å². The Balaban J connectivity index is 0.000000292. The monoisotopic (exact) mass is 420 g/mol. The molecule has 1 unspecified atom stereocenters. The Morgan fingerprint density at radius 1 is 1.25 bits per heavy atom. The number of likely N-dealkylation sites (tertiary alicyclic amines) is 1. The molecule has 4 N–H and O–H groups in total. The number of benzene rings is 1. The summed E-state index contributed by atoms with van der Waals surface area (Å²) in [6.07, 6.45) is -4.06. The van der Waals surface area contributed by atoms with Crippen LogP contribution in [0.3, 0.4) is 0 Å². The van der Waals surface area contributed by atoms with Crippen LogP contribution in [0.25, 0.3) is 0 Å². The van der Waals surface area contributed by atoms with Crippen molar-refractivity contribution in [3.05, 3.63) is 35.4 Å². The third kappa shape index (κ3) is 6.89. The van der Waals surface area contributed by atoms with Gasteiger partial charge in [-0.05, 0) is 24.1 Å². The van der Waals surface area contributed by atoms with Crippen LogP contribution in [0.15, 0.2) is 24.3 Å². The van der Waals surface area contributed by atoms with Crippen LogP contribution < -0.4 is 5.73 Å². The zero-order valence-electron chi connectivity index (χ0n) is 14.8. The van der Waals surface area contributed by atoms with Gasteiger partial charge in [-0.2, -0.15) is 13.2 Å². The SMILES string of the molecule is CC(=O)N1CC(=S)C[C@H]1C(=O)O.NC(Cc1ccc(C(F)(F)F)cc1)C(=O)O. The molecule has 2 rings (SSSR count). The van der Waals surface area contributed by atoms with E-state index in [0.29, 0.717) is 23.4 Å². The highest BCUT2D eigenvalue weighted by Gasteiger charge is 2.35. The van der Waals surface area contributed by atoms with E-state index in [1.165, 1.54) is 24.0 Å². The number of amides is 1. The first-order valence-corrected chi connectivity index (χ1v) is 8.40. The highest BCUT2D eigenvalue weighted by Crippen LogP contribution is 2.29. The quantitative estimate of drug-likeness (QED) is 0.634. The van der Waals surface area contributed by atoms with Crippen LogP contribution >= 0.6 is 12.2 Å². The molecule has 154 valence electrons. The van der Waals surface area contributed by atoms with Gasteiger partial charge in [0.15, 0.2) is 0 Å². The number of nitrogens with zero attached hydrogens (tertiary/aromatic N) is 1. The van der Waals surface area contributed by atoms with E-state index in [1.807, 2.05) is 0 Å². The van der Waals surface area contributed by atoms with Crippen LogP contribution in [0.1, 0.15) is 24.5 Å². The van der Waals surface area contributed by atoms with Gasteiger partial charge in [-0.25, -0.2) is 4.79 Å². The molecule has 0 bridgehead atoms. The molecule has 0 aromatic heterocycles. The molecule has 11 heteroatoms. The maximum Gasteiger partial charge on any atom is 0.416 e. The number of nitrogens with two attached hydrogens (primary N) is 1. The number of halogens is 3. The van der Waals surface area contributed by atoms with E-state index >= 15 is 0 Å². The van der Waals surface area contributed by atoms with Gasteiger partial charge in [0.1, 0.15) is 12.1 Å². The minimum atomic E-state index is -4.38. The minimum Gasteiger partial charge on any atom is -0.480 e. The fourth-order valence-corrected chi connectivity index (χ4v) is 2.71. The average molecular weight is 420 g/mol. The van der Waals surface area contributed by atoms with Crippen molar-refractivity contribution in [3.8, 4) is 0 Å². The van der Waals surface area contributed by atoms with Crippen LogP contribution in [0.5, 0.6) is 0 Å². The Labute approximate surface area is 163 Å². The van der Waals surface area contributed by atoms with Crippen molar-refractivity contribution in [2.75, 3.05) is 6.54 Å². The lowest BCUT2D eigenvalue weighted by Crippen LogP contribution is -2.39. The predicted octanol–water partition coefficient (Wildman–Crippen LogP) is 1.72. The number of thiocarbonyl (C=S) groups is 1. The number of hydrogen-bond donors (Lipinski definition) is 3. The van der Waals surface area contributed by atoms with E-state index in [2.05, 4.69) is 0 Å². The summed E-state index contributed by atoms with van der Waals surface area (Å²) in [6.45, 7) is 1.66. The highest BCUT2D eigenvalue weighted by atomic mass is 32.1. The molecule has 0 saturated carbocycles. The van der Waals surface area contributed by atoms with Gasteiger partial charge in [0.25, 0.3) is 0 Å². The molecule has 1 aromatic rings. The van der Waals surface area contributed by atoms with Crippen LogP contribution in [0.2, 0.25) is 0 Å². The van der Waals surface area contributed by atoms with Gasteiger partial charge in [0.2, 0.25) is 5.91 Å². The first-order chi connectivity index (χ1) is 12.8. The van der Waals surface area contributed by atoms with Crippen molar-refractivity contribution in [2.24, 2.45) is 5.73 Å².